The summed E-state index contributed by atoms with van der Waals surface area (Å²) in [7, 11) is 0. The quantitative estimate of drug-likeness (QED) is 0.445. The zero-order valence-corrected chi connectivity index (χ0v) is 22.7. The molecule has 0 saturated carbocycles. The van der Waals surface area contributed by atoms with Crippen LogP contribution >= 0.6 is 11.3 Å². The second-order valence-electron chi connectivity index (χ2n) is 11.7. The van der Waals surface area contributed by atoms with Gasteiger partial charge in [-0.3, -0.25) is 9.59 Å². The number of hydrogen-bond acceptors (Lipinski definition) is 7. The van der Waals surface area contributed by atoms with Crippen molar-refractivity contribution in [2.75, 3.05) is 18.4 Å². The lowest BCUT2D eigenvalue weighted by Crippen LogP contribution is -2.38. The Morgan fingerprint density at radius 3 is 2.30 bits per heavy atom. The first-order valence-electron chi connectivity index (χ1n) is 12.6. The van der Waals surface area contributed by atoms with Crippen molar-refractivity contribution in [1.82, 2.24) is 20.2 Å². The van der Waals surface area contributed by atoms with E-state index in [9.17, 15) is 23.5 Å². The molecule has 4 heterocycles. The van der Waals surface area contributed by atoms with Gasteiger partial charge in [0.15, 0.2) is 5.01 Å². The van der Waals surface area contributed by atoms with Gasteiger partial charge in [0.05, 0.1) is 10.5 Å². The zero-order valence-electron chi connectivity index (χ0n) is 21.9. The molecule has 0 aliphatic carbocycles. The molecule has 2 saturated heterocycles. The van der Waals surface area contributed by atoms with E-state index in [1.54, 1.807) is 13.8 Å². The molecular formula is C26H35F2N5O3S. The van der Waals surface area contributed by atoms with Crippen LogP contribution in [0, 0.1) is 5.41 Å². The summed E-state index contributed by atoms with van der Waals surface area (Å²) in [6, 6.07) is 1.51. The number of thiazole rings is 1. The van der Waals surface area contributed by atoms with E-state index in [1.807, 2.05) is 25.7 Å². The summed E-state index contributed by atoms with van der Waals surface area (Å²) in [5, 5.41) is 15.7. The van der Waals surface area contributed by atoms with Gasteiger partial charge < -0.3 is 20.6 Å². The topological polar surface area (TPSA) is 107 Å². The van der Waals surface area contributed by atoms with Crippen molar-refractivity contribution in [3.8, 4) is 10.4 Å². The van der Waals surface area contributed by atoms with Crippen LogP contribution in [0.4, 0.5) is 14.6 Å². The molecule has 3 N–H and O–H groups in total. The number of pyridine rings is 1. The number of carbonyl (C=O) groups excluding carboxylic acids is 2. The van der Waals surface area contributed by atoms with Crippen molar-refractivity contribution < 1.29 is 23.5 Å². The van der Waals surface area contributed by atoms with E-state index in [0.29, 0.717) is 12.4 Å². The lowest BCUT2D eigenvalue weighted by molar-refractivity contribution is 0.0692. The van der Waals surface area contributed by atoms with Crippen LogP contribution < -0.4 is 10.6 Å². The average Bonchev–Trinajstić information content (AvgIpc) is 3.54. The molecule has 11 heteroatoms. The van der Waals surface area contributed by atoms with Crippen LogP contribution in [-0.4, -0.2) is 62.6 Å². The van der Waals surface area contributed by atoms with Gasteiger partial charge in [0.25, 0.3) is 18.2 Å². The molecule has 202 valence electrons. The van der Waals surface area contributed by atoms with Crippen LogP contribution in [0.5, 0.6) is 0 Å². The number of alkyl halides is 2. The predicted octanol–water partition coefficient (Wildman–Crippen LogP) is 4.87. The molecule has 2 bridgehead atoms. The van der Waals surface area contributed by atoms with Gasteiger partial charge >= 0.3 is 0 Å². The molecule has 0 aromatic carbocycles. The summed E-state index contributed by atoms with van der Waals surface area (Å²) < 4.78 is 28.6. The number of halogens is 2. The van der Waals surface area contributed by atoms with Crippen molar-refractivity contribution in [3.05, 3.63) is 28.5 Å². The van der Waals surface area contributed by atoms with Gasteiger partial charge in [-0.25, -0.2) is 18.7 Å². The monoisotopic (exact) mass is 535 g/mol. The molecule has 2 fully saturated rings. The van der Waals surface area contributed by atoms with Gasteiger partial charge in [-0.2, -0.15) is 0 Å². The number of rotatable bonds is 8. The Hall–Kier alpha value is -2.66. The summed E-state index contributed by atoms with van der Waals surface area (Å²) in [5.41, 5.74) is -1.42. The largest absolute Gasteiger partial charge is 0.389 e. The molecule has 2 aliphatic rings. The Morgan fingerprint density at radius 2 is 1.76 bits per heavy atom. The summed E-state index contributed by atoms with van der Waals surface area (Å²) in [6.45, 7) is 9.67. The van der Waals surface area contributed by atoms with Crippen LogP contribution in [0.2, 0.25) is 0 Å². The molecule has 0 spiro atoms. The maximum absolute atomic E-state index is 14.3. The first kappa shape index (κ1) is 27.4. The second kappa shape index (κ2) is 10.2. The second-order valence-corrected chi connectivity index (χ2v) is 12.7. The molecule has 2 aromatic heterocycles. The van der Waals surface area contributed by atoms with E-state index >= 15 is 0 Å². The van der Waals surface area contributed by atoms with Crippen molar-refractivity contribution in [3.63, 3.8) is 0 Å². The molecular weight excluding hydrogens is 500 g/mol. The Balaban J connectivity index is 1.74. The minimum atomic E-state index is -2.83. The lowest BCUT2D eigenvalue weighted by Gasteiger charge is -2.22. The van der Waals surface area contributed by atoms with Crippen molar-refractivity contribution >= 4 is 29.0 Å². The highest BCUT2D eigenvalue weighted by atomic mass is 32.1. The van der Waals surface area contributed by atoms with Crippen LogP contribution in [-0.2, 0) is 0 Å². The molecule has 37 heavy (non-hydrogen) atoms. The SMILES string of the molecule is CC(C)(C)CNc1cc(C(F)F)c(-c2sc(C(=O)NCC(C)(C)O)nc2C(=O)N2[C@H]3CC[C@@H]2CC3)cn1. The summed E-state index contributed by atoms with van der Waals surface area (Å²) in [5.74, 6) is -0.605. The fraction of sp³-hybridized carbons (Fsp3) is 0.615. The third-order valence-electron chi connectivity index (χ3n) is 6.61. The molecule has 0 radical (unpaired) electrons. The molecule has 2 amide bonds. The number of nitrogens with one attached hydrogen (secondary N) is 2. The van der Waals surface area contributed by atoms with E-state index in [-0.39, 0.29) is 56.7 Å². The first-order chi connectivity index (χ1) is 17.2. The van der Waals surface area contributed by atoms with E-state index in [0.717, 1.165) is 37.0 Å². The van der Waals surface area contributed by atoms with Gasteiger partial charge in [-0.05, 0) is 51.0 Å². The van der Waals surface area contributed by atoms with Crippen LogP contribution in [0.25, 0.3) is 10.4 Å². The number of anilines is 1. The van der Waals surface area contributed by atoms with Crippen LogP contribution in [0.1, 0.15) is 92.6 Å². The van der Waals surface area contributed by atoms with E-state index in [4.69, 9.17) is 0 Å². The standard InChI is InChI=1S/C26H35F2N5O3S/c1-25(2,3)12-30-18-10-16(21(27)28)17(11-29-18)20-19(24(35)33-14-6-7-15(33)9-8-14)32-23(37-20)22(34)31-13-26(4,5)36/h10-11,14-15,21,36H,6-9,12-13H2,1-5H3,(H,29,30)(H,31,34)/t14-,15+. The van der Waals surface area contributed by atoms with Crippen molar-refractivity contribution in [1.29, 1.82) is 0 Å². The highest BCUT2D eigenvalue weighted by Crippen LogP contribution is 2.42. The Labute approximate surface area is 219 Å². The molecule has 2 aliphatic heterocycles. The van der Waals surface area contributed by atoms with Crippen molar-refractivity contribution in [2.45, 2.75) is 84.4 Å². The maximum atomic E-state index is 14.3. The van der Waals surface area contributed by atoms with Gasteiger partial charge in [-0.15, -0.1) is 11.3 Å². The maximum Gasteiger partial charge on any atom is 0.280 e. The molecule has 0 atom stereocenters. The van der Waals surface area contributed by atoms with Gasteiger partial charge in [-0.1, -0.05) is 20.8 Å². The number of carbonyl (C=O) groups is 2. The smallest absolute Gasteiger partial charge is 0.280 e. The van der Waals surface area contributed by atoms with Crippen LogP contribution in [0.15, 0.2) is 12.3 Å². The van der Waals surface area contributed by atoms with E-state index in [2.05, 4.69) is 20.6 Å². The van der Waals surface area contributed by atoms with Crippen molar-refractivity contribution in [2.24, 2.45) is 5.41 Å². The first-order valence-corrected chi connectivity index (χ1v) is 13.4. The Morgan fingerprint density at radius 1 is 1.14 bits per heavy atom. The summed E-state index contributed by atoms with van der Waals surface area (Å²) in [6.07, 6.45) is 2.14. The third-order valence-corrected chi connectivity index (χ3v) is 7.70. The highest BCUT2D eigenvalue weighted by Gasteiger charge is 2.44. The highest BCUT2D eigenvalue weighted by molar-refractivity contribution is 7.17. The number of aliphatic hydroxyl groups is 1. The summed E-state index contributed by atoms with van der Waals surface area (Å²) >= 11 is 0.890. The van der Waals surface area contributed by atoms with E-state index in [1.165, 1.54) is 12.3 Å². The molecule has 8 nitrogen and oxygen atoms in total. The predicted molar refractivity (Wildman–Crippen MR) is 139 cm³/mol. The molecule has 2 aromatic rings. The number of fused-ring (bicyclic) bond motifs is 2. The van der Waals surface area contributed by atoms with Crippen LogP contribution in [0.3, 0.4) is 0 Å². The molecule has 0 unspecified atom stereocenters. The van der Waals surface area contributed by atoms with E-state index < -0.39 is 17.9 Å². The number of nitrogens with zero attached hydrogens (tertiary/aromatic N) is 3. The lowest BCUT2D eigenvalue weighted by atomic mass is 9.97. The minimum absolute atomic E-state index is 0.00342. The zero-order chi connectivity index (χ0) is 27.1. The fourth-order valence-corrected chi connectivity index (χ4v) is 5.78. The Bertz CT molecular complexity index is 1150. The third kappa shape index (κ3) is 6.26. The Kier molecular flexibility index (Phi) is 7.58. The number of hydrogen-bond donors (Lipinski definition) is 3. The average molecular weight is 536 g/mol. The molecule has 4 rings (SSSR count). The van der Waals surface area contributed by atoms with Gasteiger partial charge in [0.2, 0.25) is 0 Å². The number of amides is 2. The minimum Gasteiger partial charge on any atom is -0.389 e. The van der Waals surface area contributed by atoms with Gasteiger partial charge in [0, 0.05) is 42.5 Å². The number of aromatic nitrogens is 2. The fourth-order valence-electron chi connectivity index (χ4n) is 4.78. The normalized spacial score (nSPS) is 19.5. The summed E-state index contributed by atoms with van der Waals surface area (Å²) in [4.78, 5) is 37.3. The van der Waals surface area contributed by atoms with Gasteiger partial charge in [0.1, 0.15) is 11.5 Å².